The largest absolute Gasteiger partial charge is 0.383 e. The van der Waals surface area contributed by atoms with Crippen LogP contribution in [0.5, 0.6) is 0 Å². The molecule has 2 aromatic heterocycles. The Balaban J connectivity index is 1.59. The number of aromatic nitrogens is 4. The van der Waals surface area contributed by atoms with Crippen LogP contribution in [0.25, 0.3) is 17.0 Å². The molecule has 158 valence electrons. The van der Waals surface area contributed by atoms with E-state index in [1.54, 1.807) is 6.20 Å². The summed E-state index contributed by atoms with van der Waals surface area (Å²) in [5.74, 6) is -1.89. The fourth-order valence-corrected chi connectivity index (χ4v) is 3.69. The van der Waals surface area contributed by atoms with Crippen molar-refractivity contribution in [1.29, 1.82) is 0 Å². The standard InChI is InChI=1S/C24H22F2N4O/c1-17(5-4-6-18-11-19-7-2-3-8-23(19)28-13-18)24(31,14-30-16-27-15-29-30)21-10-9-20(25)12-22(21)26/h2-4,6-13,15-17,31H,5,14H2,1H3/b6-4+/t17-,24+/m0/s1. The first kappa shape index (κ1) is 20.8. The minimum atomic E-state index is -1.61. The van der Waals surface area contributed by atoms with Crippen molar-refractivity contribution < 1.29 is 13.9 Å². The number of allylic oxidation sites excluding steroid dienone is 1. The summed E-state index contributed by atoms with van der Waals surface area (Å²) < 4.78 is 29.5. The van der Waals surface area contributed by atoms with E-state index in [2.05, 4.69) is 15.1 Å². The van der Waals surface area contributed by atoms with Crippen LogP contribution in [-0.2, 0) is 12.1 Å². The molecule has 0 aliphatic heterocycles. The lowest BCUT2D eigenvalue weighted by molar-refractivity contribution is -0.0379. The van der Waals surface area contributed by atoms with Crippen LogP contribution in [0.2, 0.25) is 0 Å². The molecule has 4 aromatic rings. The van der Waals surface area contributed by atoms with Crippen molar-refractivity contribution in [1.82, 2.24) is 19.7 Å². The predicted molar refractivity (Wildman–Crippen MR) is 115 cm³/mol. The first-order valence-electron chi connectivity index (χ1n) is 9.97. The van der Waals surface area contributed by atoms with Crippen LogP contribution in [0, 0.1) is 17.6 Å². The highest BCUT2D eigenvalue weighted by Crippen LogP contribution is 2.35. The molecule has 4 rings (SSSR count). The number of aliphatic hydroxyl groups is 1. The van der Waals surface area contributed by atoms with Crippen molar-refractivity contribution in [2.75, 3.05) is 0 Å². The van der Waals surface area contributed by atoms with E-state index in [0.717, 1.165) is 28.6 Å². The quantitative estimate of drug-likeness (QED) is 0.469. The summed E-state index contributed by atoms with van der Waals surface area (Å²) in [5, 5.41) is 16.6. The van der Waals surface area contributed by atoms with Gasteiger partial charge in [-0.3, -0.25) is 4.98 Å². The van der Waals surface area contributed by atoms with Gasteiger partial charge in [0, 0.05) is 23.2 Å². The van der Waals surface area contributed by atoms with Crippen LogP contribution in [0.3, 0.4) is 0 Å². The summed E-state index contributed by atoms with van der Waals surface area (Å²) in [7, 11) is 0. The molecule has 0 saturated carbocycles. The SMILES string of the molecule is C[C@@H](C/C=C/c1cnc2ccccc2c1)[C@](O)(Cn1cncn1)c1ccc(F)cc1F. The molecule has 0 radical (unpaired) electrons. The van der Waals surface area contributed by atoms with Gasteiger partial charge in [0.15, 0.2) is 0 Å². The van der Waals surface area contributed by atoms with Gasteiger partial charge >= 0.3 is 0 Å². The molecule has 2 atom stereocenters. The molecule has 0 aliphatic carbocycles. The van der Waals surface area contributed by atoms with E-state index in [9.17, 15) is 13.9 Å². The third-order valence-electron chi connectivity index (χ3n) is 5.49. The number of hydrogen-bond donors (Lipinski definition) is 1. The summed E-state index contributed by atoms with van der Waals surface area (Å²) in [6.07, 6.45) is 8.88. The average molecular weight is 420 g/mol. The molecule has 0 saturated heterocycles. The molecule has 0 spiro atoms. The van der Waals surface area contributed by atoms with Gasteiger partial charge in [-0.25, -0.2) is 18.4 Å². The Kier molecular flexibility index (Phi) is 5.86. The van der Waals surface area contributed by atoms with E-state index in [1.165, 1.54) is 23.4 Å². The van der Waals surface area contributed by atoms with Gasteiger partial charge in [-0.2, -0.15) is 5.10 Å². The normalized spacial score (nSPS) is 14.7. The van der Waals surface area contributed by atoms with Crippen molar-refractivity contribution in [2.24, 2.45) is 5.92 Å². The summed E-state index contributed by atoms with van der Waals surface area (Å²) in [4.78, 5) is 8.33. The fraction of sp³-hybridized carbons (Fsp3) is 0.208. The predicted octanol–water partition coefficient (Wildman–Crippen LogP) is 4.73. The Hall–Kier alpha value is -3.45. The number of halogens is 2. The molecule has 31 heavy (non-hydrogen) atoms. The lowest BCUT2D eigenvalue weighted by Gasteiger charge is -2.34. The van der Waals surface area contributed by atoms with Crippen LogP contribution >= 0.6 is 0 Å². The first-order valence-corrected chi connectivity index (χ1v) is 9.97. The highest BCUT2D eigenvalue weighted by atomic mass is 19.1. The highest BCUT2D eigenvalue weighted by Gasteiger charge is 2.38. The molecular formula is C24H22F2N4O. The number of fused-ring (bicyclic) bond motifs is 1. The zero-order valence-corrected chi connectivity index (χ0v) is 17.0. The Labute approximate surface area is 178 Å². The second-order valence-corrected chi connectivity index (χ2v) is 7.64. The smallest absolute Gasteiger partial charge is 0.137 e. The molecule has 0 bridgehead atoms. The van der Waals surface area contributed by atoms with Gasteiger partial charge in [0.2, 0.25) is 0 Å². The summed E-state index contributed by atoms with van der Waals surface area (Å²) >= 11 is 0. The fourth-order valence-electron chi connectivity index (χ4n) is 3.69. The summed E-state index contributed by atoms with van der Waals surface area (Å²) in [6.45, 7) is 1.81. The minimum absolute atomic E-state index is 0.0118. The Morgan fingerprint density at radius 3 is 2.77 bits per heavy atom. The van der Waals surface area contributed by atoms with Gasteiger partial charge in [0.1, 0.15) is 29.9 Å². The van der Waals surface area contributed by atoms with E-state index in [-0.39, 0.29) is 12.1 Å². The third-order valence-corrected chi connectivity index (χ3v) is 5.49. The second kappa shape index (κ2) is 8.73. The maximum absolute atomic E-state index is 14.6. The monoisotopic (exact) mass is 420 g/mol. The Morgan fingerprint density at radius 2 is 2.00 bits per heavy atom. The Morgan fingerprint density at radius 1 is 1.16 bits per heavy atom. The van der Waals surface area contributed by atoms with E-state index in [4.69, 9.17) is 0 Å². The number of hydrogen-bond acceptors (Lipinski definition) is 4. The van der Waals surface area contributed by atoms with Gasteiger partial charge in [0.05, 0.1) is 12.1 Å². The summed E-state index contributed by atoms with van der Waals surface area (Å²) in [6, 6.07) is 13.1. The molecule has 0 aliphatic rings. The molecule has 1 N–H and O–H groups in total. The van der Waals surface area contributed by atoms with Gasteiger partial charge in [-0.05, 0) is 36.1 Å². The van der Waals surface area contributed by atoms with Crippen LogP contribution in [0.1, 0.15) is 24.5 Å². The molecule has 0 unspecified atom stereocenters. The number of nitrogens with zero attached hydrogens (tertiary/aromatic N) is 4. The summed E-state index contributed by atoms with van der Waals surface area (Å²) in [5.41, 5.74) is 0.260. The lowest BCUT2D eigenvalue weighted by Crippen LogP contribution is -2.39. The number of benzene rings is 2. The molecule has 2 aromatic carbocycles. The van der Waals surface area contributed by atoms with Crippen molar-refractivity contribution in [3.8, 4) is 0 Å². The molecule has 7 heteroatoms. The van der Waals surface area contributed by atoms with Crippen molar-refractivity contribution in [2.45, 2.75) is 25.5 Å². The van der Waals surface area contributed by atoms with Gasteiger partial charge in [0.25, 0.3) is 0 Å². The maximum atomic E-state index is 14.6. The topological polar surface area (TPSA) is 63.8 Å². The van der Waals surface area contributed by atoms with Crippen LogP contribution in [0.4, 0.5) is 8.78 Å². The molecular weight excluding hydrogens is 398 g/mol. The minimum Gasteiger partial charge on any atom is -0.383 e. The zero-order valence-electron chi connectivity index (χ0n) is 17.0. The van der Waals surface area contributed by atoms with Crippen molar-refractivity contribution in [3.05, 3.63) is 96.2 Å². The van der Waals surface area contributed by atoms with Crippen LogP contribution < -0.4 is 0 Å². The Bertz CT molecular complexity index is 1210. The van der Waals surface area contributed by atoms with Crippen LogP contribution in [0.15, 0.2) is 73.5 Å². The lowest BCUT2D eigenvalue weighted by atomic mass is 9.80. The van der Waals surface area contributed by atoms with Crippen molar-refractivity contribution >= 4 is 17.0 Å². The molecule has 0 fully saturated rings. The molecule has 0 amide bonds. The second-order valence-electron chi connectivity index (χ2n) is 7.64. The van der Waals surface area contributed by atoms with Crippen LogP contribution in [-0.4, -0.2) is 24.9 Å². The van der Waals surface area contributed by atoms with Crippen molar-refractivity contribution in [3.63, 3.8) is 0 Å². The van der Waals surface area contributed by atoms with Gasteiger partial charge in [-0.1, -0.05) is 43.3 Å². The number of rotatable bonds is 7. The third kappa shape index (κ3) is 4.51. The van der Waals surface area contributed by atoms with E-state index in [1.807, 2.05) is 49.4 Å². The molecule has 2 heterocycles. The average Bonchev–Trinajstić information content (AvgIpc) is 3.26. The first-order chi connectivity index (χ1) is 15.0. The molecule has 5 nitrogen and oxygen atoms in total. The van der Waals surface area contributed by atoms with Gasteiger partial charge in [-0.15, -0.1) is 0 Å². The zero-order chi connectivity index (χ0) is 21.8. The van der Waals surface area contributed by atoms with E-state index >= 15 is 0 Å². The van der Waals surface area contributed by atoms with E-state index < -0.39 is 23.2 Å². The number of pyridine rings is 1. The van der Waals surface area contributed by atoms with E-state index in [0.29, 0.717) is 6.42 Å². The maximum Gasteiger partial charge on any atom is 0.137 e. The highest BCUT2D eigenvalue weighted by molar-refractivity contribution is 5.80. The van der Waals surface area contributed by atoms with Gasteiger partial charge < -0.3 is 5.11 Å². The number of para-hydroxylation sites is 1.